The molecule has 3 aromatic rings. The van der Waals surface area contributed by atoms with E-state index >= 15 is 0 Å². The molecule has 2 aromatic heterocycles. The van der Waals surface area contributed by atoms with Crippen LogP contribution in [0.4, 0.5) is 0 Å². The number of halogens is 1. The standard InChI is InChI=1S/C30H35BrN4O4S/c1-29(2,3)24-12-11-23(40-24)26(36)34-22(27(37)35-16-20(17-35)28(38)39-30(4,5)6)13-18-7-9-19(10-8-18)25-32-14-21(31)15-33-25/h7-12,14-15,20,22H,13,16-17H2,1-6H3,(H,34,36)/t22-/m0/s1. The fourth-order valence-electron chi connectivity index (χ4n) is 4.19. The van der Waals surface area contributed by atoms with Crippen LogP contribution in [-0.2, 0) is 26.2 Å². The van der Waals surface area contributed by atoms with E-state index in [4.69, 9.17) is 4.74 Å². The van der Waals surface area contributed by atoms with Crippen LogP contribution in [0, 0.1) is 5.92 Å². The Morgan fingerprint density at radius 3 is 2.20 bits per heavy atom. The Labute approximate surface area is 247 Å². The second kappa shape index (κ2) is 11.8. The Kier molecular flexibility index (Phi) is 8.80. The van der Waals surface area contributed by atoms with Crippen molar-refractivity contribution in [1.82, 2.24) is 20.2 Å². The van der Waals surface area contributed by atoms with E-state index in [2.05, 4.69) is 52.0 Å². The Morgan fingerprint density at radius 2 is 1.65 bits per heavy atom. The highest BCUT2D eigenvalue weighted by atomic mass is 79.9. The number of aromatic nitrogens is 2. The molecule has 1 atom stereocenters. The van der Waals surface area contributed by atoms with Crippen LogP contribution in [0.15, 0.2) is 53.3 Å². The van der Waals surface area contributed by atoms with Crippen LogP contribution < -0.4 is 5.32 Å². The topological polar surface area (TPSA) is 101 Å². The predicted molar refractivity (Wildman–Crippen MR) is 159 cm³/mol. The SMILES string of the molecule is CC(C)(C)OC(=O)C1CN(C(=O)[C@H](Cc2ccc(-c3ncc(Br)cn3)cc2)NC(=O)c2ccc(C(C)(C)C)s2)C1. The molecule has 2 amide bonds. The molecule has 1 N–H and O–H groups in total. The molecule has 4 rings (SSSR count). The lowest BCUT2D eigenvalue weighted by atomic mass is 9.95. The van der Waals surface area contributed by atoms with Crippen molar-refractivity contribution < 1.29 is 19.1 Å². The van der Waals surface area contributed by atoms with Gasteiger partial charge < -0.3 is 15.0 Å². The minimum absolute atomic E-state index is 0.0764. The first-order valence-electron chi connectivity index (χ1n) is 13.2. The van der Waals surface area contributed by atoms with E-state index in [9.17, 15) is 14.4 Å². The smallest absolute Gasteiger partial charge is 0.313 e. The zero-order chi connectivity index (χ0) is 29.2. The van der Waals surface area contributed by atoms with E-state index in [1.54, 1.807) is 23.4 Å². The van der Waals surface area contributed by atoms with Gasteiger partial charge in [0.15, 0.2) is 5.82 Å². The van der Waals surface area contributed by atoms with Crippen molar-refractivity contribution in [3.05, 3.63) is 68.6 Å². The van der Waals surface area contributed by atoms with Gasteiger partial charge in [-0.1, -0.05) is 45.0 Å². The zero-order valence-corrected chi connectivity index (χ0v) is 26.1. The maximum absolute atomic E-state index is 13.6. The summed E-state index contributed by atoms with van der Waals surface area (Å²) in [4.78, 5) is 51.2. The third kappa shape index (κ3) is 7.54. The number of nitrogens with one attached hydrogen (secondary N) is 1. The minimum atomic E-state index is -0.790. The molecule has 8 nitrogen and oxygen atoms in total. The zero-order valence-electron chi connectivity index (χ0n) is 23.7. The average molecular weight is 628 g/mol. The summed E-state index contributed by atoms with van der Waals surface area (Å²) in [5, 5.41) is 2.96. The highest BCUT2D eigenvalue weighted by molar-refractivity contribution is 9.10. The summed E-state index contributed by atoms with van der Waals surface area (Å²) in [6.45, 7) is 12.3. The molecule has 0 saturated carbocycles. The molecular weight excluding hydrogens is 592 g/mol. The molecule has 40 heavy (non-hydrogen) atoms. The molecule has 1 aliphatic heterocycles. The lowest BCUT2D eigenvalue weighted by molar-refractivity contribution is -0.168. The second-order valence-electron chi connectivity index (χ2n) is 12.0. The molecule has 0 radical (unpaired) electrons. The first-order chi connectivity index (χ1) is 18.7. The van der Waals surface area contributed by atoms with Crippen LogP contribution in [0.1, 0.15) is 61.7 Å². The van der Waals surface area contributed by atoms with Gasteiger partial charge in [0.25, 0.3) is 5.91 Å². The number of esters is 1. The minimum Gasteiger partial charge on any atom is -0.460 e. The summed E-state index contributed by atoms with van der Waals surface area (Å²) in [7, 11) is 0. The van der Waals surface area contributed by atoms with Crippen molar-refractivity contribution >= 4 is 45.1 Å². The summed E-state index contributed by atoms with van der Waals surface area (Å²) in [6, 6.07) is 10.6. The lowest BCUT2D eigenvalue weighted by Gasteiger charge is -2.40. The molecule has 10 heteroatoms. The van der Waals surface area contributed by atoms with Gasteiger partial charge in [0, 0.05) is 42.3 Å². The Bertz CT molecular complexity index is 1370. The molecule has 3 heterocycles. The van der Waals surface area contributed by atoms with Crippen molar-refractivity contribution in [2.75, 3.05) is 13.1 Å². The number of hydrogen-bond acceptors (Lipinski definition) is 7. The molecule has 1 fully saturated rings. The van der Waals surface area contributed by atoms with Gasteiger partial charge in [-0.15, -0.1) is 11.3 Å². The number of hydrogen-bond donors (Lipinski definition) is 1. The number of nitrogens with zero attached hydrogens (tertiary/aromatic N) is 3. The molecule has 1 saturated heterocycles. The van der Waals surface area contributed by atoms with Crippen molar-refractivity contribution in [2.24, 2.45) is 5.92 Å². The van der Waals surface area contributed by atoms with Crippen molar-refractivity contribution in [3.8, 4) is 11.4 Å². The summed E-state index contributed by atoms with van der Waals surface area (Å²) in [5.41, 5.74) is 1.06. The molecular formula is C30H35BrN4O4S. The number of likely N-dealkylation sites (tertiary alicyclic amines) is 1. The molecule has 1 aliphatic rings. The number of amides is 2. The monoisotopic (exact) mass is 626 g/mol. The largest absolute Gasteiger partial charge is 0.460 e. The van der Waals surface area contributed by atoms with E-state index in [0.29, 0.717) is 17.1 Å². The first kappa shape index (κ1) is 29.9. The number of carbonyl (C=O) groups is 3. The molecule has 0 aliphatic carbocycles. The van der Waals surface area contributed by atoms with Crippen LogP contribution in [0.2, 0.25) is 0 Å². The number of rotatable bonds is 7. The van der Waals surface area contributed by atoms with Crippen LogP contribution >= 0.6 is 27.3 Å². The lowest BCUT2D eigenvalue weighted by Crippen LogP contribution is -2.59. The van der Waals surface area contributed by atoms with Gasteiger partial charge in [0.1, 0.15) is 11.6 Å². The summed E-state index contributed by atoms with van der Waals surface area (Å²) >= 11 is 4.77. The third-order valence-corrected chi connectivity index (χ3v) is 8.30. The van der Waals surface area contributed by atoms with E-state index in [1.807, 2.05) is 51.1 Å². The molecule has 0 spiro atoms. The quantitative estimate of drug-likeness (QED) is 0.352. The fourth-order valence-corrected chi connectivity index (χ4v) is 5.36. The fraction of sp³-hybridized carbons (Fsp3) is 0.433. The Hall–Kier alpha value is -3.11. The van der Waals surface area contributed by atoms with Crippen molar-refractivity contribution in [2.45, 2.75) is 65.0 Å². The number of thiophene rings is 1. The molecule has 212 valence electrons. The maximum Gasteiger partial charge on any atom is 0.313 e. The highest BCUT2D eigenvalue weighted by Gasteiger charge is 2.40. The normalized spacial score (nSPS) is 14.8. The van der Waals surface area contributed by atoms with Crippen molar-refractivity contribution in [3.63, 3.8) is 0 Å². The molecule has 0 unspecified atom stereocenters. The van der Waals surface area contributed by atoms with Gasteiger partial charge in [-0.05, 0) is 59.8 Å². The van der Waals surface area contributed by atoms with E-state index < -0.39 is 11.6 Å². The van der Waals surface area contributed by atoms with Gasteiger partial charge in [0.05, 0.1) is 15.3 Å². The van der Waals surface area contributed by atoms with E-state index in [0.717, 1.165) is 20.5 Å². The van der Waals surface area contributed by atoms with Crippen LogP contribution in [0.3, 0.4) is 0 Å². The van der Waals surface area contributed by atoms with E-state index in [-0.39, 0.29) is 42.2 Å². The Balaban J connectivity index is 1.49. The summed E-state index contributed by atoms with van der Waals surface area (Å²) in [6.07, 6.45) is 3.68. The molecule has 0 bridgehead atoms. The van der Waals surface area contributed by atoms with Gasteiger partial charge >= 0.3 is 5.97 Å². The third-order valence-electron chi connectivity index (χ3n) is 6.38. The van der Waals surface area contributed by atoms with Crippen molar-refractivity contribution in [1.29, 1.82) is 0 Å². The maximum atomic E-state index is 13.6. The highest BCUT2D eigenvalue weighted by Crippen LogP contribution is 2.30. The first-order valence-corrected chi connectivity index (χ1v) is 14.8. The number of ether oxygens (including phenoxy) is 1. The summed E-state index contributed by atoms with van der Waals surface area (Å²) < 4.78 is 6.27. The predicted octanol–water partition coefficient (Wildman–Crippen LogP) is 5.41. The second-order valence-corrected chi connectivity index (χ2v) is 14.0. The van der Waals surface area contributed by atoms with Gasteiger partial charge in [0.2, 0.25) is 5.91 Å². The Morgan fingerprint density at radius 1 is 1.02 bits per heavy atom. The van der Waals surface area contributed by atoms with Crippen LogP contribution in [-0.4, -0.2) is 57.4 Å². The molecule has 1 aromatic carbocycles. The van der Waals surface area contributed by atoms with Crippen LogP contribution in [0.5, 0.6) is 0 Å². The number of carbonyl (C=O) groups excluding carboxylic acids is 3. The number of benzene rings is 1. The summed E-state index contributed by atoms with van der Waals surface area (Å²) in [5.74, 6) is -0.589. The van der Waals surface area contributed by atoms with Gasteiger partial charge in [-0.3, -0.25) is 14.4 Å². The van der Waals surface area contributed by atoms with Gasteiger partial charge in [-0.2, -0.15) is 0 Å². The average Bonchev–Trinajstić information content (AvgIpc) is 3.34. The van der Waals surface area contributed by atoms with E-state index in [1.165, 1.54) is 11.3 Å². The van der Waals surface area contributed by atoms with Crippen LogP contribution in [0.25, 0.3) is 11.4 Å². The van der Waals surface area contributed by atoms with Gasteiger partial charge in [-0.25, -0.2) is 9.97 Å².